The molecule has 2 aromatic carbocycles. The third kappa shape index (κ3) is 3.50. The molecule has 98 valence electrons. The molecule has 0 heterocycles. The van der Waals surface area contributed by atoms with Crippen LogP contribution in [0.2, 0.25) is 10.0 Å². The van der Waals surface area contributed by atoms with Crippen LogP contribution in [0.3, 0.4) is 0 Å². The van der Waals surface area contributed by atoms with Crippen molar-refractivity contribution in [1.82, 2.24) is 0 Å². The van der Waals surface area contributed by atoms with E-state index in [0.29, 0.717) is 28.0 Å². The van der Waals surface area contributed by atoms with Crippen molar-refractivity contribution in [2.75, 3.05) is 0 Å². The molecule has 0 radical (unpaired) electrons. The molecule has 0 bridgehead atoms. The summed E-state index contributed by atoms with van der Waals surface area (Å²) in [5, 5.41) is 0.977. The second kappa shape index (κ2) is 6.42. The molecule has 0 saturated carbocycles. The van der Waals surface area contributed by atoms with Crippen LogP contribution in [0, 0.1) is 0 Å². The summed E-state index contributed by atoms with van der Waals surface area (Å²) >= 11 is 15.1. The lowest BCUT2D eigenvalue weighted by Gasteiger charge is -2.10. The molecule has 0 saturated heterocycles. The van der Waals surface area contributed by atoms with Crippen LogP contribution in [0.1, 0.15) is 15.9 Å². The maximum atomic E-state index is 11.0. The zero-order chi connectivity index (χ0) is 13.8. The average molecular weight is 360 g/mol. The summed E-state index contributed by atoms with van der Waals surface area (Å²) in [6, 6.07) is 10.6. The molecule has 0 atom stereocenters. The van der Waals surface area contributed by atoms with Gasteiger partial charge in [0.15, 0.2) is 6.29 Å². The zero-order valence-electron chi connectivity index (χ0n) is 9.70. The lowest BCUT2D eigenvalue weighted by molar-refractivity contribution is 0.111. The van der Waals surface area contributed by atoms with E-state index in [1.165, 1.54) is 0 Å². The number of rotatable bonds is 4. The summed E-state index contributed by atoms with van der Waals surface area (Å²) in [4.78, 5) is 11.0. The van der Waals surface area contributed by atoms with Crippen molar-refractivity contribution in [3.8, 4) is 5.75 Å². The predicted octanol–water partition coefficient (Wildman–Crippen LogP) is 5.15. The minimum atomic E-state index is 0.306. The molecule has 2 nitrogen and oxygen atoms in total. The second-order valence-corrected chi connectivity index (χ2v) is 5.48. The first-order valence-corrected chi connectivity index (χ1v) is 6.97. The van der Waals surface area contributed by atoms with E-state index in [9.17, 15) is 4.79 Å². The molecule has 2 rings (SSSR count). The first-order valence-electron chi connectivity index (χ1n) is 5.42. The van der Waals surface area contributed by atoms with Gasteiger partial charge in [0.05, 0.1) is 20.1 Å². The van der Waals surface area contributed by atoms with E-state index < -0.39 is 0 Å². The van der Waals surface area contributed by atoms with Gasteiger partial charge < -0.3 is 4.74 Å². The number of ether oxygens (including phenoxy) is 1. The standard InChI is InChI=1S/C14H9BrCl2O2/c15-11-3-1-2-10(7-18)14(11)19-8-9-4-5-12(16)13(17)6-9/h1-7H,8H2. The topological polar surface area (TPSA) is 26.3 Å². The van der Waals surface area contributed by atoms with Crippen LogP contribution in [0.15, 0.2) is 40.9 Å². The van der Waals surface area contributed by atoms with E-state index in [4.69, 9.17) is 27.9 Å². The van der Waals surface area contributed by atoms with Gasteiger partial charge in [0.25, 0.3) is 0 Å². The first kappa shape index (κ1) is 14.4. The number of benzene rings is 2. The van der Waals surface area contributed by atoms with E-state index in [1.807, 2.05) is 12.1 Å². The van der Waals surface area contributed by atoms with Gasteiger partial charge in [-0.25, -0.2) is 0 Å². The Morgan fingerprint density at radius 2 is 1.95 bits per heavy atom. The van der Waals surface area contributed by atoms with Crippen LogP contribution in [-0.2, 0) is 6.61 Å². The number of para-hydroxylation sites is 1. The smallest absolute Gasteiger partial charge is 0.153 e. The monoisotopic (exact) mass is 358 g/mol. The van der Waals surface area contributed by atoms with Gasteiger partial charge in [-0.1, -0.05) is 35.3 Å². The van der Waals surface area contributed by atoms with Gasteiger partial charge in [0.2, 0.25) is 0 Å². The molecule has 0 aliphatic rings. The Labute approximate surface area is 129 Å². The van der Waals surface area contributed by atoms with Gasteiger partial charge in [0.1, 0.15) is 12.4 Å². The Morgan fingerprint density at radius 3 is 2.63 bits per heavy atom. The van der Waals surface area contributed by atoms with E-state index in [0.717, 1.165) is 16.3 Å². The number of carbonyl (C=O) groups excluding carboxylic acids is 1. The first-order chi connectivity index (χ1) is 9.11. The molecule has 0 fully saturated rings. The highest BCUT2D eigenvalue weighted by molar-refractivity contribution is 9.10. The van der Waals surface area contributed by atoms with Crippen molar-refractivity contribution in [1.29, 1.82) is 0 Å². The minimum absolute atomic E-state index is 0.306. The number of aldehydes is 1. The molecule has 0 N–H and O–H groups in total. The molecule has 2 aromatic rings. The molecule has 19 heavy (non-hydrogen) atoms. The maximum Gasteiger partial charge on any atom is 0.153 e. The Kier molecular flexibility index (Phi) is 4.86. The van der Waals surface area contributed by atoms with Gasteiger partial charge in [-0.3, -0.25) is 4.79 Å². The van der Waals surface area contributed by atoms with Gasteiger partial charge in [-0.05, 0) is 45.8 Å². The molecule has 0 aliphatic heterocycles. The molecule has 0 aliphatic carbocycles. The molecular formula is C14H9BrCl2O2. The van der Waals surface area contributed by atoms with Gasteiger partial charge in [-0.2, -0.15) is 0 Å². The number of hydrogen-bond donors (Lipinski definition) is 0. The van der Waals surface area contributed by atoms with Crippen LogP contribution in [0.5, 0.6) is 5.75 Å². The summed E-state index contributed by atoms with van der Waals surface area (Å²) in [5.74, 6) is 0.517. The van der Waals surface area contributed by atoms with Crippen molar-refractivity contribution < 1.29 is 9.53 Å². The largest absolute Gasteiger partial charge is 0.487 e. The van der Waals surface area contributed by atoms with Gasteiger partial charge in [0, 0.05) is 0 Å². The highest BCUT2D eigenvalue weighted by atomic mass is 79.9. The van der Waals surface area contributed by atoms with Gasteiger partial charge in [-0.15, -0.1) is 0 Å². The Balaban J connectivity index is 2.18. The van der Waals surface area contributed by atoms with Crippen molar-refractivity contribution in [3.05, 3.63) is 62.0 Å². The maximum absolute atomic E-state index is 11.0. The summed E-state index contributed by atoms with van der Waals surface area (Å²) in [6.07, 6.45) is 0.759. The van der Waals surface area contributed by atoms with Crippen molar-refractivity contribution in [2.45, 2.75) is 6.61 Å². The molecule has 0 spiro atoms. The minimum Gasteiger partial charge on any atom is -0.487 e. The fourth-order valence-electron chi connectivity index (χ4n) is 1.56. The molecule has 0 unspecified atom stereocenters. The summed E-state index contributed by atoms with van der Waals surface area (Å²) in [7, 11) is 0. The van der Waals surface area contributed by atoms with Crippen molar-refractivity contribution >= 4 is 45.4 Å². The van der Waals surface area contributed by atoms with Crippen LogP contribution in [0.25, 0.3) is 0 Å². The molecule has 0 amide bonds. The van der Waals surface area contributed by atoms with E-state index >= 15 is 0 Å². The van der Waals surface area contributed by atoms with Crippen LogP contribution < -0.4 is 4.74 Å². The lowest BCUT2D eigenvalue weighted by Crippen LogP contribution is -1.99. The fourth-order valence-corrected chi connectivity index (χ4v) is 2.37. The third-order valence-corrected chi connectivity index (χ3v) is 3.86. The van der Waals surface area contributed by atoms with Crippen molar-refractivity contribution in [3.63, 3.8) is 0 Å². The van der Waals surface area contributed by atoms with E-state index in [2.05, 4.69) is 15.9 Å². The normalized spacial score (nSPS) is 10.3. The molecule has 5 heteroatoms. The Bertz CT molecular complexity index is 614. The summed E-state index contributed by atoms with van der Waals surface area (Å²) in [5.41, 5.74) is 1.37. The molecule has 0 aromatic heterocycles. The zero-order valence-corrected chi connectivity index (χ0v) is 12.8. The third-order valence-electron chi connectivity index (χ3n) is 2.49. The number of hydrogen-bond acceptors (Lipinski definition) is 2. The van der Waals surface area contributed by atoms with Crippen LogP contribution >= 0.6 is 39.1 Å². The van der Waals surface area contributed by atoms with Gasteiger partial charge >= 0.3 is 0 Å². The highest BCUT2D eigenvalue weighted by Crippen LogP contribution is 2.29. The van der Waals surface area contributed by atoms with Crippen LogP contribution in [0.4, 0.5) is 0 Å². The SMILES string of the molecule is O=Cc1cccc(Br)c1OCc1ccc(Cl)c(Cl)c1. The van der Waals surface area contributed by atoms with E-state index in [-0.39, 0.29) is 0 Å². The lowest BCUT2D eigenvalue weighted by atomic mass is 10.2. The Hall–Kier alpha value is -1.03. The fraction of sp³-hybridized carbons (Fsp3) is 0.0714. The predicted molar refractivity (Wildman–Crippen MR) is 80.3 cm³/mol. The van der Waals surface area contributed by atoms with Crippen molar-refractivity contribution in [2.24, 2.45) is 0 Å². The van der Waals surface area contributed by atoms with Crippen LogP contribution in [-0.4, -0.2) is 6.29 Å². The second-order valence-electron chi connectivity index (χ2n) is 3.81. The number of halogens is 3. The number of carbonyl (C=O) groups is 1. The summed E-state index contributed by atoms with van der Waals surface area (Å²) < 4.78 is 6.39. The summed E-state index contributed by atoms with van der Waals surface area (Å²) in [6.45, 7) is 0.306. The Morgan fingerprint density at radius 1 is 1.16 bits per heavy atom. The average Bonchev–Trinajstić information content (AvgIpc) is 2.41. The van der Waals surface area contributed by atoms with E-state index in [1.54, 1.807) is 24.3 Å². The highest BCUT2D eigenvalue weighted by Gasteiger charge is 2.08. The molecular weight excluding hydrogens is 351 g/mol. The quantitative estimate of drug-likeness (QED) is 0.706.